The van der Waals surface area contributed by atoms with Gasteiger partial charge < -0.3 is 4.90 Å². The summed E-state index contributed by atoms with van der Waals surface area (Å²) in [6.45, 7) is 8.73. The van der Waals surface area contributed by atoms with Crippen LogP contribution >= 0.6 is 15.9 Å². The zero-order valence-corrected chi connectivity index (χ0v) is 12.8. The molecule has 1 saturated heterocycles. The van der Waals surface area contributed by atoms with Crippen LogP contribution in [0.1, 0.15) is 26.3 Å². The van der Waals surface area contributed by atoms with Crippen molar-refractivity contribution >= 4 is 27.5 Å². The van der Waals surface area contributed by atoms with Gasteiger partial charge in [0.2, 0.25) is 5.91 Å². The van der Waals surface area contributed by atoms with E-state index in [1.165, 1.54) is 0 Å². The molecule has 0 aromatic heterocycles. The number of benzene rings is 1. The van der Waals surface area contributed by atoms with Gasteiger partial charge in [-0.05, 0) is 51.5 Å². The van der Waals surface area contributed by atoms with Gasteiger partial charge in [0, 0.05) is 22.7 Å². The predicted molar refractivity (Wildman–Crippen MR) is 77.9 cm³/mol. The number of piperazine rings is 1. The average Bonchev–Trinajstić information content (AvgIpc) is 2.23. The molecule has 1 aliphatic heterocycles. The summed E-state index contributed by atoms with van der Waals surface area (Å²) >= 11 is 3.45. The summed E-state index contributed by atoms with van der Waals surface area (Å²) in [4.78, 5) is 14.4. The molecule has 18 heavy (non-hydrogen) atoms. The summed E-state index contributed by atoms with van der Waals surface area (Å²) in [5.41, 5.74) is 1.62. The Hall–Kier alpha value is -0.870. The standard InChI is InChI=1S/C14H19BrN2O/c1-9-7-11(15)5-6-12(9)17-8-10(2)16-14(3,4)13(17)18/h5-7,10,16H,8H2,1-4H3. The summed E-state index contributed by atoms with van der Waals surface area (Å²) < 4.78 is 1.04. The van der Waals surface area contributed by atoms with Crippen molar-refractivity contribution in [2.24, 2.45) is 0 Å². The van der Waals surface area contributed by atoms with E-state index >= 15 is 0 Å². The monoisotopic (exact) mass is 310 g/mol. The van der Waals surface area contributed by atoms with Gasteiger partial charge in [-0.2, -0.15) is 0 Å². The van der Waals surface area contributed by atoms with Crippen molar-refractivity contribution in [2.45, 2.75) is 39.3 Å². The van der Waals surface area contributed by atoms with Gasteiger partial charge in [-0.25, -0.2) is 0 Å². The van der Waals surface area contributed by atoms with Crippen molar-refractivity contribution in [1.29, 1.82) is 0 Å². The Labute approximate surface area is 117 Å². The summed E-state index contributed by atoms with van der Waals surface area (Å²) in [5.74, 6) is 0.131. The minimum Gasteiger partial charge on any atom is -0.309 e. The molecule has 1 atom stereocenters. The molecule has 0 aliphatic carbocycles. The molecule has 1 heterocycles. The Morgan fingerprint density at radius 3 is 2.72 bits per heavy atom. The second kappa shape index (κ2) is 4.67. The highest BCUT2D eigenvalue weighted by molar-refractivity contribution is 9.10. The van der Waals surface area contributed by atoms with Crippen LogP contribution in [0.4, 0.5) is 5.69 Å². The number of amides is 1. The van der Waals surface area contributed by atoms with E-state index < -0.39 is 5.54 Å². The van der Waals surface area contributed by atoms with Crippen LogP contribution < -0.4 is 10.2 Å². The zero-order valence-electron chi connectivity index (χ0n) is 11.2. The minimum atomic E-state index is -0.503. The highest BCUT2D eigenvalue weighted by atomic mass is 79.9. The molecule has 3 nitrogen and oxygen atoms in total. The minimum absolute atomic E-state index is 0.131. The molecule has 0 radical (unpaired) electrons. The van der Waals surface area contributed by atoms with Gasteiger partial charge >= 0.3 is 0 Å². The van der Waals surface area contributed by atoms with Gasteiger partial charge in [-0.3, -0.25) is 10.1 Å². The molecule has 1 aliphatic rings. The van der Waals surface area contributed by atoms with Crippen LogP contribution in [0, 0.1) is 6.92 Å². The molecule has 1 aromatic carbocycles. The van der Waals surface area contributed by atoms with Crippen LogP contribution in [0.15, 0.2) is 22.7 Å². The van der Waals surface area contributed by atoms with Gasteiger partial charge in [0.1, 0.15) is 0 Å². The smallest absolute Gasteiger partial charge is 0.246 e. The summed E-state index contributed by atoms with van der Waals surface area (Å²) in [7, 11) is 0. The first-order valence-corrected chi connectivity index (χ1v) is 6.96. The van der Waals surface area contributed by atoms with E-state index in [0.717, 1.165) is 15.7 Å². The fraction of sp³-hybridized carbons (Fsp3) is 0.500. The molecular formula is C14H19BrN2O. The third-order valence-corrected chi connectivity index (χ3v) is 3.79. The Morgan fingerprint density at radius 1 is 1.44 bits per heavy atom. The number of anilines is 1. The van der Waals surface area contributed by atoms with Crippen LogP contribution in [0.3, 0.4) is 0 Å². The lowest BCUT2D eigenvalue weighted by atomic mass is 9.96. The fourth-order valence-corrected chi connectivity index (χ4v) is 3.02. The zero-order chi connectivity index (χ0) is 13.5. The van der Waals surface area contributed by atoms with Crippen LogP contribution in [0.2, 0.25) is 0 Å². The summed E-state index contributed by atoms with van der Waals surface area (Å²) in [5, 5.41) is 3.34. The van der Waals surface area contributed by atoms with Gasteiger partial charge in [-0.15, -0.1) is 0 Å². The van der Waals surface area contributed by atoms with Gasteiger partial charge in [-0.1, -0.05) is 15.9 Å². The van der Waals surface area contributed by atoms with E-state index in [9.17, 15) is 4.79 Å². The van der Waals surface area contributed by atoms with Gasteiger partial charge in [0.15, 0.2) is 0 Å². The van der Waals surface area contributed by atoms with Crippen LogP contribution in [0.25, 0.3) is 0 Å². The molecule has 98 valence electrons. The molecule has 1 unspecified atom stereocenters. The van der Waals surface area contributed by atoms with Crippen molar-refractivity contribution in [3.8, 4) is 0 Å². The van der Waals surface area contributed by atoms with E-state index in [2.05, 4.69) is 28.2 Å². The van der Waals surface area contributed by atoms with E-state index in [0.29, 0.717) is 12.6 Å². The largest absolute Gasteiger partial charge is 0.309 e. The lowest BCUT2D eigenvalue weighted by Crippen LogP contribution is -2.65. The van der Waals surface area contributed by atoms with E-state index in [1.54, 1.807) is 0 Å². The van der Waals surface area contributed by atoms with E-state index in [4.69, 9.17) is 0 Å². The number of nitrogens with zero attached hydrogens (tertiary/aromatic N) is 1. The highest BCUT2D eigenvalue weighted by Crippen LogP contribution is 2.28. The summed E-state index contributed by atoms with van der Waals surface area (Å²) in [6, 6.07) is 6.32. The van der Waals surface area contributed by atoms with Crippen LogP contribution in [-0.2, 0) is 4.79 Å². The second-order valence-electron chi connectivity index (χ2n) is 5.52. The van der Waals surface area contributed by atoms with Gasteiger partial charge in [0.05, 0.1) is 5.54 Å². The maximum atomic E-state index is 12.5. The number of aryl methyl sites for hydroxylation is 1. The molecular weight excluding hydrogens is 292 g/mol. The molecule has 2 rings (SSSR count). The number of carbonyl (C=O) groups excluding carboxylic acids is 1. The quantitative estimate of drug-likeness (QED) is 0.865. The lowest BCUT2D eigenvalue weighted by Gasteiger charge is -2.42. The second-order valence-corrected chi connectivity index (χ2v) is 6.43. The first-order chi connectivity index (χ1) is 8.31. The fourth-order valence-electron chi connectivity index (χ4n) is 2.55. The number of hydrogen-bond acceptors (Lipinski definition) is 2. The first kappa shape index (κ1) is 13.6. The van der Waals surface area contributed by atoms with E-state index in [-0.39, 0.29) is 5.91 Å². The van der Waals surface area contributed by atoms with Gasteiger partial charge in [0.25, 0.3) is 0 Å². The number of rotatable bonds is 1. The van der Waals surface area contributed by atoms with Crippen molar-refractivity contribution < 1.29 is 4.79 Å². The molecule has 1 fully saturated rings. The van der Waals surface area contributed by atoms with Crippen LogP contribution in [-0.4, -0.2) is 24.0 Å². The van der Waals surface area contributed by atoms with Crippen molar-refractivity contribution in [1.82, 2.24) is 5.32 Å². The number of hydrogen-bond donors (Lipinski definition) is 1. The lowest BCUT2D eigenvalue weighted by molar-refractivity contribution is -0.125. The SMILES string of the molecule is Cc1cc(Br)ccc1N1CC(C)NC(C)(C)C1=O. The first-order valence-electron chi connectivity index (χ1n) is 6.17. The summed E-state index contributed by atoms with van der Waals surface area (Å²) in [6.07, 6.45) is 0. The number of nitrogens with one attached hydrogen (secondary N) is 1. The topological polar surface area (TPSA) is 32.3 Å². The molecule has 1 aromatic rings. The van der Waals surface area contributed by atoms with E-state index in [1.807, 2.05) is 43.9 Å². The molecule has 1 N–H and O–H groups in total. The highest BCUT2D eigenvalue weighted by Gasteiger charge is 2.39. The predicted octanol–water partition coefficient (Wildman–Crippen LogP) is 2.86. The molecule has 4 heteroatoms. The maximum absolute atomic E-state index is 12.5. The normalized spacial score (nSPS) is 23.3. The molecule has 0 bridgehead atoms. The molecule has 0 spiro atoms. The third kappa shape index (κ3) is 2.45. The van der Waals surface area contributed by atoms with Crippen molar-refractivity contribution in [3.05, 3.63) is 28.2 Å². The third-order valence-electron chi connectivity index (χ3n) is 3.29. The van der Waals surface area contributed by atoms with Crippen molar-refractivity contribution in [3.63, 3.8) is 0 Å². The number of halogens is 1. The average molecular weight is 311 g/mol. The van der Waals surface area contributed by atoms with Crippen molar-refractivity contribution in [2.75, 3.05) is 11.4 Å². The Balaban J connectivity index is 2.40. The molecule has 1 amide bonds. The number of carbonyl (C=O) groups is 1. The Kier molecular flexibility index (Phi) is 3.52. The van der Waals surface area contributed by atoms with Crippen LogP contribution in [0.5, 0.6) is 0 Å². The Morgan fingerprint density at radius 2 is 2.11 bits per heavy atom. The molecule has 0 saturated carbocycles. The maximum Gasteiger partial charge on any atom is 0.246 e. The Bertz CT molecular complexity index is 485.